The van der Waals surface area contributed by atoms with Crippen LogP contribution in [0.2, 0.25) is 0 Å². The summed E-state index contributed by atoms with van der Waals surface area (Å²) in [6.07, 6.45) is 3.32. The second-order valence-electron chi connectivity index (χ2n) is 4.75. The molecule has 1 N–H and O–H groups in total. The normalized spacial score (nSPS) is 15.5. The van der Waals surface area contributed by atoms with Gasteiger partial charge in [0.1, 0.15) is 0 Å². The Bertz CT molecular complexity index is 478. The largest absolute Gasteiger partial charge is 0.313 e. The lowest BCUT2D eigenvalue weighted by Crippen LogP contribution is -2.20. The molecule has 1 aromatic carbocycles. The van der Waals surface area contributed by atoms with E-state index in [9.17, 15) is 0 Å². The lowest BCUT2D eigenvalue weighted by molar-refractivity contribution is 0.738. The van der Waals surface area contributed by atoms with Gasteiger partial charge in [0.05, 0.1) is 11.6 Å². The predicted molar refractivity (Wildman–Crippen MR) is 70.7 cm³/mol. The van der Waals surface area contributed by atoms with Crippen LogP contribution in [0.1, 0.15) is 42.9 Å². The zero-order chi connectivity index (χ0) is 12.3. The van der Waals surface area contributed by atoms with E-state index >= 15 is 0 Å². The number of hydrogen-bond donors (Lipinski definition) is 1. The third-order valence-electron chi connectivity index (χ3n) is 3.23. The van der Waals surface area contributed by atoms with Crippen molar-refractivity contribution >= 4 is 5.57 Å². The SMILES string of the molecule is CC(C)c1cc(C2=CCNCC2)ccc1C#N. The van der Waals surface area contributed by atoms with Crippen LogP contribution in [-0.2, 0) is 0 Å². The lowest BCUT2D eigenvalue weighted by Gasteiger charge is -2.16. The predicted octanol–water partition coefficient (Wildman–Crippen LogP) is 3.06. The molecule has 0 spiro atoms. The van der Waals surface area contributed by atoms with Gasteiger partial charge in [-0.25, -0.2) is 0 Å². The van der Waals surface area contributed by atoms with Gasteiger partial charge in [0.2, 0.25) is 0 Å². The number of hydrogen-bond acceptors (Lipinski definition) is 2. The molecule has 1 aromatic rings. The molecular weight excluding hydrogens is 208 g/mol. The van der Waals surface area contributed by atoms with Crippen LogP contribution in [0.3, 0.4) is 0 Å². The molecule has 0 amide bonds. The summed E-state index contributed by atoms with van der Waals surface area (Å²) in [6, 6.07) is 8.48. The van der Waals surface area contributed by atoms with E-state index in [-0.39, 0.29) is 0 Å². The highest BCUT2D eigenvalue weighted by Gasteiger charge is 2.11. The minimum Gasteiger partial charge on any atom is -0.313 e. The van der Waals surface area contributed by atoms with Crippen LogP contribution in [-0.4, -0.2) is 13.1 Å². The minimum absolute atomic E-state index is 0.395. The molecule has 0 radical (unpaired) electrons. The quantitative estimate of drug-likeness (QED) is 0.841. The Morgan fingerprint density at radius 2 is 2.18 bits per heavy atom. The highest BCUT2D eigenvalue weighted by Crippen LogP contribution is 2.26. The van der Waals surface area contributed by atoms with Gasteiger partial charge < -0.3 is 5.32 Å². The third kappa shape index (κ3) is 2.57. The van der Waals surface area contributed by atoms with Crippen LogP contribution in [0.15, 0.2) is 24.3 Å². The van der Waals surface area contributed by atoms with Crippen LogP contribution in [0.5, 0.6) is 0 Å². The maximum absolute atomic E-state index is 9.09. The van der Waals surface area contributed by atoms with E-state index in [0.717, 1.165) is 30.6 Å². The molecule has 0 saturated heterocycles. The van der Waals surface area contributed by atoms with Crippen molar-refractivity contribution in [3.63, 3.8) is 0 Å². The molecule has 2 heteroatoms. The summed E-state index contributed by atoms with van der Waals surface area (Å²) in [4.78, 5) is 0. The highest BCUT2D eigenvalue weighted by atomic mass is 14.8. The number of nitrogens with zero attached hydrogens (tertiary/aromatic N) is 1. The van der Waals surface area contributed by atoms with Crippen LogP contribution in [0.25, 0.3) is 5.57 Å². The van der Waals surface area contributed by atoms with E-state index in [4.69, 9.17) is 5.26 Å². The topological polar surface area (TPSA) is 35.8 Å². The molecule has 0 saturated carbocycles. The first kappa shape index (κ1) is 11.9. The van der Waals surface area contributed by atoms with Gasteiger partial charge in [-0.15, -0.1) is 0 Å². The Labute approximate surface area is 103 Å². The van der Waals surface area contributed by atoms with E-state index in [2.05, 4.69) is 43.4 Å². The van der Waals surface area contributed by atoms with E-state index in [1.165, 1.54) is 11.1 Å². The summed E-state index contributed by atoms with van der Waals surface area (Å²) in [5, 5.41) is 12.4. The van der Waals surface area contributed by atoms with Crippen molar-refractivity contribution in [3.05, 3.63) is 41.0 Å². The molecule has 0 aliphatic carbocycles. The van der Waals surface area contributed by atoms with Crippen LogP contribution < -0.4 is 5.32 Å². The van der Waals surface area contributed by atoms with Crippen molar-refractivity contribution in [1.82, 2.24) is 5.32 Å². The molecule has 0 atom stereocenters. The van der Waals surface area contributed by atoms with E-state index in [0.29, 0.717) is 5.92 Å². The Hall–Kier alpha value is -1.59. The average Bonchev–Trinajstić information content (AvgIpc) is 2.39. The van der Waals surface area contributed by atoms with Gasteiger partial charge >= 0.3 is 0 Å². The van der Waals surface area contributed by atoms with Crippen molar-refractivity contribution < 1.29 is 0 Å². The second kappa shape index (κ2) is 5.16. The van der Waals surface area contributed by atoms with Gasteiger partial charge in [-0.05, 0) is 47.7 Å². The Balaban J connectivity index is 2.40. The van der Waals surface area contributed by atoms with Gasteiger partial charge in [-0.2, -0.15) is 5.26 Å². The summed E-state index contributed by atoms with van der Waals surface area (Å²) >= 11 is 0. The van der Waals surface area contributed by atoms with E-state index in [1.807, 2.05) is 6.07 Å². The third-order valence-corrected chi connectivity index (χ3v) is 3.23. The Morgan fingerprint density at radius 3 is 2.76 bits per heavy atom. The molecule has 0 unspecified atom stereocenters. The number of nitrogens with one attached hydrogen (secondary N) is 1. The molecule has 2 rings (SSSR count). The van der Waals surface area contributed by atoms with Gasteiger partial charge in [-0.1, -0.05) is 26.0 Å². The number of rotatable bonds is 2. The molecular formula is C15H18N2. The summed E-state index contributed by atoms with van der Waals surface area (Å²) in [5.74, 6) is 0.395. The van der Waals surface area contributed by atoms with Crippen LogP contribution in [0.4, 0.5) is 0 Å². The first-order chi connectivity index (χ1) is 8.22. The van der Waals surface area contributed by atoms with Crippen molar-refractivity contribution in [2.45, 2.75) is 26.2 Å². The fraction of sp³-hybridized carbons (Fsp3) is 0.400. The highest BCUT2D eigenvalue weighted by molar-refractivity contribution is 5.68. The summed E-state index contributed by atoms with van der Waals surface area (Å²) in [5.41, 5.74) is 4.63. The Morgan fingerprint density at radius 1 is 1.35 bits per heavy atom. The molecule has 88 valence electrons. The van der Waals surface area contributed by atoms with Crippen LogP contribution in [0, 0.1) is 11.3 Å². The maximum atomic E-state index is 9.09. The molecule has 0 aromatic heterocycles. The van der Waals surface area contributed by atoms with Gasteiger partial charge in [0.15, 0.2) is 0 Å². The first-order valence-electron chi connectivity index (χ1n) is 6.16. The summed E-state index contributed by atoms with van der Waals surface area (Å²) < 4.78 is 0. The molecule has 1 aliphatic heterocycles. The van der Waals surface area contributed by atoms with E-state index in [1.54, 1.807) is 0 Å². The fourth-order valence-electron chi connectivity index (χ4n) is 2.23. The first-order valence-corrected chi connectivity index (χ1v) is 6.16. The molecule has 0 fully saturated rings. The minimum atomic E-state index is 0.395. The maximum Gasteiger partial charge on any atom is 0.0994 e. The van der Waals surface area contributed by atoms with Crippen molar-refractivity contribution in [3.8, 4) is 6.07 Å². The summed E-state index contributed by atoms with van der Waals surface area (Å²) in [6.45, 7) is 6.27. The van der Waals surface area contributed by atoms with Gasteiger partial charge in [0, 0.05) is 6.54 Å². The smallest absolute Gasteiger partial charge is 0.0994 e. The van der Waals surface area contributed by atoms with Crippen LogP contribution >= 0.6 is 0 Å². The lowest BCUT2D eigenvalue weighted by atomic mass is 9.91. The van der Waals surface area contributed by atoms with E-state index < -0.39 is 0 Å². The van der Waals surface area contributed by atoms with Gasteiger partial charge in [0.25, 0.3) is 0 Å². The zero-order valence-corrected chi connectivity index (χ0v) is 10.5. The molecule has 2 nitrogen and oxygen atoms in total. The fourth-order valence-corrected chi connectivity index (χ4v) is 2.23. The molecule has 0 bridgehead atoms. The number of nitriles is 1. The van der Waals surface area contributed by atoms with Crippen molar-refractivity contribution in [1.29, 1.82) is 5.26 Å². The molecule has 17 heavy (non-hydrogen) atoms. The molecule has 1 heterocycles. The summed E-state index contributed by atoms with van der Waals surface area (Å²) in [7, 11) is 0. The average molecular weight is 226 g/mol. The monoisotopic (exact) mass is 226 g/mol. The van der Waals surface area contributed by atoms with Crippen molar-refractivity contribution in [2.75, 3.05) is 13.1 Å². The second-order valence-corrected chi connectivity index (χ2v) is 4.75. The standard InChI is InChI=1S/C15H18N2/c1-11(2)15-9-13(3-4-14(15)10-16)12-5-7-17-8-6-12/h3-5,9,11,17H,6-8H2,1-2H3. The van der Waals surface area contributed by atoms with Gasteiger partial charge in [-0.3, -0.25) is 0 Å². The van der Waals surface area contributed by atoms with Crippen molar-refractivity contribution in [2.24, 2.45) is 0 Å². The Kier molecular flexibility index (Phi) is 3.61. The number of benzene rings is 1. The molecule has 1 aliphatic rings. The zero-order valence-electron chi connectivity index (χ0n) is 10.5.